The summed E-state index contributed by atoms with van der Waals surface area (Å²) < 4.78 is 12.6. The van der Waals surface area contributed by atoms with Crippen molar-refractivity contribution < 1.29 is 14.7 Å². The third kappa shape index (κ3) is 1.96. The van der Waals surface area contributed by atoms with Crippen LogP contribution in [0.2, 0.25) is 0 Å². The molecule has 13 heavy (non-hydrogen) atoms. The highest BCUT2D eigenvalue weighted by Crippen LogP contribution is 2.19. The Bertz CT molecular complexity index is 336. The number of benzene rings is 1. The molecule has 0 unspecified atom stereocenters. The van der Waals surface area contributed by atoms with Gasteiger partial charge in [-0.2, -0.15) is 0 Å². The Balaban J connectivity index is 3.15. The molecule has 0 radical (unpaired) electrons. The van der Waals surface area contributed by atoms with E-state index in [4.69, 9.17) is 5.21 Å². The van der Waals surface area contributed by atoms with E-state index in [1.54, 1.807) is 6.92 Å². The second-order valence-electron chi connectivity index (χ2n) is 2.56. The molecule has 0 amide bonds. The lowest BCUT2D eigenvalue weighted by molar-refractivity contribution is 0.318. The van der Waals surface area contributed by atoms with Gasteiger partial charge in [0.1, 0.15) is 11.6 Å². The summed E-state index contributed by atoms with van der Waals surface area (Å²) in [5.41, 5.74) is 0.684. The van der Waals surface area contributed by atoms with Crippen LogP contribution in [-0.4, -0.2) is 16.0 Å². The molecule has 2 N–H and O–H groups in total. The molecule has 0 bridgehead atoms. The van der Waals surface area contributed by atoms with Gasteiger partial charge in [0.25, 0.3) is 0 Å². The molecule has 0 aliphatic heterocycles. The van der Waals surface area contributed by atoms with Gasteiger partial charge in [0.2, 0.25) is 0 Å². The van der Waals surface area contributed by atoms with Crippen molar-refractivity contribution in [3.8, 4) is 5.75 Å². The van der Waals surface area contributed by atoms with E-state index >= 15 is 0 Å². The molecular formula is C9H10FNO2. The summed E-state index contributed by atoms with van der Waals surface area (Å²) in [5.74, 6) is -0.732. The van der Waals surface area contributed by atoms with Crippen LogP contribution in [0.15, 0.2) is 23.4 Å². The molecule has 0 aliphatic carbocycles. The number of halogens is 1. The largest absolute Gasteiger partial charge is 0.507 e. The van der Waals surface area contributed by atoms with E-state index in [0.29, 0.717) is 17.7 Å². The van der Waals surface area contributed by atoms with Gasteiger partial charge < -0.3 is 10.3 Å². The van der Waals surface area contributed by atoms with Crippen LogP contribution in [0, 0.1) is 5.82 Å². The molecule has 1 aromatic carbocycles. The second kappa shape index (κ2) is 3.89. The number of phenols is 1. The maximum atomic E-state index is 12.6. The predicted molar refractivity (Wildman–Crippen MR) is 46.7 cm³/mol. The minimum Gasteiger partial charge on any atom is -0.507 e. The van der Waals surface area contributed by atoms with Crippen LogP contribution in [0.5, 0.6) is 5.75 Å². The molecular weight excluding hydrogens is 173 g/mol. The van der Waals surface area contributed by atoms with Crippen LogP contribution in [0.3, 0.4) is 0 Å². The van der Waals surface area contributed by atoms with E-state index in [9.17, 15) is 9.50 Å². The van der Waals surface area contributed by atoms with Gasteiger partial charge in [-0.25, -0.2) is 4.39 Å². The molecule has 0 aromatic heterocycles. The highest BCUT2D eigenvalue weighted by atomic mass is 19.1. The summed E-state index contributed by atoms with van der Waals surface area (Å²) in [6.45, 7) is 1.78. The first-order valence-corrected chi connectivity index (χ1v) is 3.88. The zero-order valence-electron chi connectivity index (χ0n) is 7.16. The lowest BCUT2D eigenvalue weighted by Gasteiger charge is -2.03. The van der Waals surface area contributed by atoms with Crippen LogP contribution in [0.4, 0.5) is 4.39 Å². The number of hydrogen-bond donors (Lipinski definition) is 2. The molecule has 3 nitrogen and oxygen atoms in total. The fraction of sp³-hybridized carbons (Fsp3) is 0.222. The molecule has 1 aromatic rings. The molecule has 4 heteroatoms. The van der Waals surface area contributed by atoms with Crippen molar-refractivity contribution in [3.05, 3.63) is 29.6 Å². The second-order valence-corrected chi connectivity index (χ2v) is 2.56. The quantitative estimate of drug-likeness (QED) is 0.419. The normalized spacial score (nSPS) is 11.7. The Hall–Kier alpha value is -1.58. The van der Waals surface area contributed by atoms with Crippen molar-refractivity contribution in [2.24, 2.45) is 5.16 Å². The number of nitrogens with zero attached hydrogens (tertiary/aromatic N) is 1. The lowest BCUT2D eigenvalue weighted by Crippen LogP contribution is -1.99. The van der Waals surface area contributed by atoms with E-state index in [-0.39, 0.29) is 5.75 Å². The van der Waals surface area contributed by atoms with Crippen molar-refractivity contribution >= 4 is 5.71 Å². The third-order valence-electron chi connectivity index (χ3n) is 1.73. The summed E-state index contributed by atoms with van der Waals surface area (Å²) in [7, 11) is 0. The van der Waals surface area contributed by atoms with E-state index in [1.165, 1.54) is 12.1 Å². The van der Waals surface area contributed by atoms with Gasteiger partial charge in [-0.1, -0.05) is 12.1 Å². The molecule has 0 heterocycles. The van der Waals surface area contributed by atoms with Crippen molar-refractivity contribution in [1.29, 1.82) is 0 Å². The van der Waals surface area contributed by atoms with E-state index < -0.39 is 5.82 Å². The smallest absolute Gasteiger partial charge is 0.127 e. The average molecular weight is 183 g/mol. The summed E-state index contributed by atoms with van der Waals surface area (Å²) in [6, 6.07) is 3.56. The number of oxime groups is 1. The Kier molecular flexibility index (Phi) is 2.84. The SMILES string of the molecule is CCC(=NO)c1ccc(F)cc1O. The highest BCUT2D eigenvalue weighted by Gasteiger charge is 2.08. The van der Waals surface area contributed by atoms with Gasteiger partial charge >= 0.3 is 0 Å². The predicted octanol–water partition coefficient (Wildman–Crippen LogP) is 2.12. The number of phenolic OH excluding ortho intramolecular Hbond substituents is 1. The van der Waals surface area contributed by atoms with Crippen LogP contribution >= 0.6 is 0 Å². The standard InChI is InChI=1S/C9H10FNO2/c1-2-8(11-13)7-4-3-6(10)5-9(7)12/h3-5,12-13H,2H2,1H3. The van der Waals surface area contributed by atoms with Gasteiger partial charge in [-0.15, -0.1) is 0 Å². The molecule has 0 fully saturated rings. The Morgan fingerprint density at radius 1 is 1.54 bits per heavy atom. The minimum atomic E-state index is -0.519. The number of rotatable bonds is 2. The van der Waals surface area contributed by atoms with E-state index in [2.05, 4.69) is 5.16 Å². The monoisotopic (exact) mass is 183 g/mol. The molecule has 70 valence electrons. The Morgan fingerprint density at radius 3 is 2.69 bits per heavy atom. The number of aromatic hydroxyl groups is 1. The zero-order valence-corrected chi connectivity index (χ0v) is 7.16. The van der Waals surface area contributed by atoms with Crippen molar-refractivity contribution in [3.63, 3.8) is 0 Å². The first-order valence-electron chi connectivity index (χ1n) is 3.88. The summed E-state index contributed by atoms with van der Waals surface area (Å²) in [5, 5.41) is 20.8. The van der Waals surface area contributed by atoms with Crippen LogP contribution in [0.25, 0.3) is 0 Å². The third-order valence-corrected chi connectivity index (χ3v) is 1.73. The van der Waals surface area contributed by atoms with Crippen molar-refractivity contribution in [1.82, 2.24) is 0 Å². The van der Waals surface area contributed by atoms with Gasteiger partial charge in [-0.3, -0.25) is 0 Å². The lowest BCUT2D eigenvalue weighted by atomic mass is 10.1. The molecule has 0 spiro atoms. The maximum Gasteiger partial charge on any atom is 0.127 e. The van der Waals surface area contributed by atoms with Crippen molar-refractivity contribution in [2.45, 2.75) is 13.3 Å². The van der Waals surface area contributed by atoms with Gasteiger partial charge in [0.15, 0.2) is 0 Å². The topological polar surface area (TPSA) is 52.8 Å². The molecule has 0 saturated carbocycles. The van der Waals surface area contributed by atoms with Gasteiger partial charge in [0.05, 0.1) is 5.71 Å². The Labute approximate surface area is 75.1 Å². The summed E-state index contributed by atoms with van der Waals surface area (Å²) >= 11 is 0. The average Bonchev–Trinajstić information content (AvgIpc) is 2.10. The first kappa shape index (κ1) is 9.51. The minimum absolute atomic E-state index is 0.213. The zero-order chi connectivity index (χ0) is 9.84. The number of hydrogen-bond acceptors (Lipinski definition) is 3. The van der Waals surface area contributed by atoms with E-state index in [1.807, 2.05) is 0 Å². The first-order chi connectivity index (χ1) is 6.19. The summed E-state index contributed by atoms with van der Waals surface area (Å²) in [6.07, 6.45) is 0.468. The fourth-order valence-electron chi connectivity index (χ4n) is 1.06. The van der Waals surface area contributed by atoms with Crippen molar-refractivity contribution in [2.75, 3.05) is 0 Å². The highest BCUT2D eigenvalue weighted by molar-refractivity contribution is 6.02. The fourth-order valence-corrected chi connectivity index (χ4v) is 1.06. The van der Waals surface area contributed by atoms with Gasteiger partial charge in [0, 0.05) is 11.6 Å². The summed E-state index contributed by atoms with van der Waals surface area (Å²) in [4.78, 5) is 0. The van der Waals surface area contributed by atoms with Gasteiger partial charge in [-0.05, 0) is 18.6 Å². The maximum absolute atomic E-state index is 12.6. The molecule has 0 saturated heterocycles. The molecule has 0 atom stereocenters. The Morgan fingerprint density at radius 2 is 2.23 bits per heavy atom. The van der Waals surface area contributed by atoms with E-state index in [0.717, 1.165) is 6.07 Å². The van der Waals surface area contributed by atoms with Crippen LogP contribution < -0.4 is 0 Å². The molecule has 0 aliphatic rings. The molecule has 1 rings (SSSR count). The van der Waals surface area contributed by atoms with Crippen LogP contribution in [0.1, 0.15) is 18.9 Å². The van der Waals surface area contributed by atoms with Crippen LogP contribution in [-0.2, 0) is 0 Å².